The van der Waals surface area contributed by atoms with Crippen LogP contribution in [0.3, 0.4) is 0 Å². The summed E-state index contributed by atoms with van der Waals surface area (Å²) < 4.78 is 5.39. The van der Waals surface area contributed by atoms with E-state index in [9.17, 15) is 9.90 Å². The molecule has 104 valence electrons. The number of carboxylic acid groups (broad SMARTS) is 1. The maximum atomic E-state index is 11.4. The number of carbonyl (C=O) groups is 1. The van der Waals surface area contributed by atoms with Gasteiger partial charge in [-0.15, -0.1) is 0 Å². The van der Waals surface area contributed by atoms with Gasteiger partial charge < -0.3 is 14.4 Å². The van der Waals surface area contributed by atoms with Crippen LogP contribution in [0.25, 0.3) is 0 Å². The summed E-state index contributed by atoms with van der Waals surface area (Å²) in [5.74, 6) is -0.111. The van der Waals surface area contributed by atoms with Crippen molar-refractivity contribution >= 4 is 11.7 Å². The van der Waals surface area contributed by atoms with Crippen molar-refractivity contribution < 1.29 is 14.3 Å². The lowest BCUT2D eigenvalue weighted by Crippen LogP contribution is -2.27. The van der Waals surface area contributed by atoms with Crippen LogP contribution in [0.15, 0.2) is 35.1 Å². The molecule has 0 aliphatic heterocycles. The van der Waals surface area contributed by atoms with Crippen molar-refractivity contribution in [3.05, 3.63) is 47.7 Å². The fraction of sp³-hybridized carbons (Fsp3) is 0.333. The average molecular weight is 272 g/mol. The molecule has 1 aliphatic rings. The van der Waals surface area contributed by atoms with Crippen LogP contribution in [0.5, 0.6) is 0 Å². The molecule has 1 fully saturated rings. The summed E-state index contributed by atoms with van der Waals surface area (Å²) in [6.45, 7) is 2.45. The molecule has 1 N–H and O–H groups in total. The Morgan fingerprint density at radius 3 is 2.95 bits per heavy atom. The Morgan fingerprint density at radius 1 is 1.55 bits per heavy atom. The van der Waals surface area contributed by atoms with Crippen molar-refractivity contribution in [3.63, 3.8) is 0 Å². The summed E-state index contributed by atoms with van der Waals surface area (Å²) in [6.07, 6.45) is 5.24. The van der Waals surface area contributed by atoms with Gasteiger partial charge in [0.1, 0.15) is 11.3 Å². The minimum atomic E-state index is -0.947. The molecule has 0 spiro atoms. The second kappa shape index (κ2) is 5.00. The van der Waals surface area contributed by atoms with Crippen molar-refractivity contribution in [3.8, 4) is 0 Å². The Balaban J connectivity index is 1.98. The minimum Gasteiger partial charge on any atom is -0.478 e. The van der Waals surface area contributed by atoms with Gasteiger partial charge in [-0.1, -0.05) is 0 Å². The van der Waals surface area contributed by atoms with Crippen molar-refractivity contribution in [1.29, 1.82) is 0 Å². The number of hydrogen-bond donors (Lipinski definition) is 1. The molecule has 2 aromatic heterocycles. The quantitative estimate of drug-likeness (QED) is 0.906. The lowest BCUT2D eigenvalue weighted by atomic mass is 10.1. The third-order valence-electron chi connectivity index (χ3n) is 3.45. The van der Waals surface area contributed by atoms with Gasteiger partial charge in [0.15, 0.2) is 0 Å². The Hall–Kier alpha value is -2.30. The van der Waals surface area contributed by atoms with Gasteiger partial charge in [-0.05, 0) is 38.0 Å². The number of aromatic carboxylic acids is 1. The van der Waals surface area contributed by atoms with E-state index in [0.717, 1.165) is 30.0 Å². The molecule has 2 aromatic rings. The summed E-state index contributed by atoms with van der Waals surface area (Å²) in [5.41, 5.74) is 1.79. The standard InChI is InChI=1S/C15H16N2O3/c1-10-7-14(13(8-16-10)15(18)19)17(11-4-5-11)9-12-3-2-6-20-12/h2-3,6-8,11H,4-5,9H2,1H3,(H,18,19). The summed E-state index contributed by atoms with van der Waals surface area (Å²) in [7, 11) is 0. The highest BCUT2D eigenvalue weighted by molar-refractivity contribution is 5.94. The molecule has 1 aliphatic carbocycles. The molecule has 20 heavy (non-hydrogen) atoms. The zero-order valence-corrected chi connectivity index (χ0v) is 11.2. The van der Waals surface area contributed by atoms with Crippen LogP contribution in [-0.4, -0.2) is 22.1 Å². The molecule has 0 saturated heterocycles. The van der Waals surface area contributed by atoms with Gasteiger partial charge in [-0.2, -0.15) is 0 Å². The summed E-state index contributed by atoms with van der Waals surface area (Å²) in [4.78, 5) is 17.6. The Labute approximate surface area is 116 Å². The monoisotopic (exact) mass is 272 g/mol. The first-order chi connectivity index (χ1) is 9.65. The number of aromatic nitrogens is 1. The van der Waals surface area contributed by atoms with Gasteiger partial charge in [0.2, 0.25) is 0 Å². The molecule has 0 unspecified atom stereocenters. The van der Waals surface area contributed by atoms with E-state index < -0.39 is 5.97 Å². The molecule has 5 nitrogen and oxygen atoms in total. The first kappa shape index (κ1) is 12.7. The number of carboxylic acids is 1. The van der Waals surface area contributed by atoms with E-state index >= 15 is 0 Å². The topological polar surface area (TPSA) is 66.6 Å². The lowest BCUT2D eigenvalue weighted by Gasteiger charge is -2.25. The number of anilines is 1. The fourth-order valence-corrected chi connectivity index (χ4v) is 2.32. The number of rotatable bonds is 5. The largest absolute Gasteiger partial charge is 0.478 e. The second-order valence-electron chi connectivity index (χ2n) is 5.09. The van der Waals surface area contributed by atoms with Gasteiger partial charge in [-0.3, -0.25) is 4.98 Å². The molecule has 2 heterocycles. The maximum Gasteiger partial charge on any atom is 0.339 e. The summed E-state index contributed by atoms with van der Waals surface area (Å²) in [6, 6.07) is 5.98. The fourth-order valence-electron chi connectivity index (χ4n) is 2.32. The molecule has 3 rings (SSSR count). The molecule has 1 saturated carbocycles. The van der Waals surface area contributed by atoms with Crippen LogP contribution in [0.2, 0.25) is 0 Å². The Morgan fingerprint density at radius 2 is 2.35 bits per heavy atom. The van der Waals surface area contributed by atoms with Crippen LogP contribution in [-0.2, 0) is 6.54 Å². The molecule has 0 atom stereocenters. The third kappa shape index (κ3) is 2.52. The predicted octanol–water partition coefficient (Wildman–Crippen LogP) is 2.85. The first-order valence-corrected chi connectivity index (χ1v) is 6.64. The lowest BCUT2D eigenvalue weighted by molar-refractivity contribution is 0.0697. The van der Waals surface area contributed by atoms with Crippen molar-refractivity contribution in [2.75, 3.05) is 4.90 Å². The van der Waals surface area contributed by atoms with E-state index in [1.165, 1.54) is 6.20 Å². The van der Waals surface area contributed by atoms with Gasteiger partial charge in [-0.25, -0.2) is 4.79 Å². The average Bonchev–Trinajstić information content (AvgIpc) is 3.12. The third-order valence-corrected chi connectivity index (χ3v) is 3.45. The SMILES string of the molecule is Cc1cc(N(Cc2ccco2)C2CC2)c(C(=O)O)cn1. The van der Waals surface area contributed by atoms with Crippen molar-refractivity contribution in [1.82, 2.24) is 4.98 Å². The van der Waals surface area contributed by atoms with Crippen LogP contribution >= 0.6 is 0 Å². The number of pyridine rings is 1. The number of aryl methyl sites for hydroxylation is 1. The zero-order valence-electron chi connectivity index (χ0n) is 11.2. The van der Waals surface area contributed by atoms with Gasteiger partial charge in [0.25, 0.3) is 0 Å². The van der Waals surface area contributed by atoms with E-state index in [1.807, 2.05) is 25.1 Å². The van der Waals surface area contributed by atoms with Crippen molar-refractivity contribution in [2.24, 2.45) is 0 Å². The number of hydrogen-bond acceptors (Lipinski definition) is 4. The predicted molar refractivity (Wildman–Crippen MR) is 73.8 cm³/mol. The van der Waals surface area contributed by atoms with Crippen LogP contribution in [0.4, 0.5) is 5.69 Å². The van der Waals surface area contributed by atoms with E-state index in [4.69, 9.17) is 4.42 Å². The van der Waals surface area contributed by atoms with Gasteiger partial charge in [0, 0.05) is 17.9 Å². The zero-order chi connectivity index (χ0) is 14.1. The smallest absolute Gasteiger partial charge is 0.339 e. The highest BCUT2D eigenvalue weighted by Crippen LogP contribution is 2.35. The first-order valence-electron chi connectivity index (χ1n) is 6.64. The molecule has 0 radical (unpaired) electrons. The van der Waals surface area contributed by atoms with Gasteiger partial charge in [0.05, 0.1) is 18.5 Å². The molecule has 0 aromatic carbocycles. The van der Waals surface area contributed by atoms with Crippen LogP contribution in [0, 0.1) is 6.92 Å². The van der Waals surface area contributed by atoms with E-state index in [0.29, 0.717) is 12.6 Å². The normalized spacial score (nSPS) is 14.2. The van der Waals surface area contributed by atoms with E-state index in [1.54, 1.807) is 6.26 Å². The maximum absolute atomic E-state index is 11.4. The highest BCUT2D eigenvalue weighted by Gasteiger charge is 2.32. The summed E-state index contributed by atoms with van der Waals surface area (Å²) >= 11 is 0. The highest BCUT2D eigenvalue weighted by atomic mass is 16.4. The van der Waals surface area contributed by atoms with E-state index in [-0.39, 0.29) is 5.56 Å². The molecular weight excluding hydrogens is 256 g/mol. The molecule has 5 heteroatoms. The van der Waals surface area contributed by atoms with E-state index in [2.05, 4.69) is 9.88 Å². The number of furan rings is 1. The molecule has 0 bridgehead atoms. The van der Waals surface area contributed by atoms with Crippen molar-refractivity contribution in [2.45, 2.75) is 32.4 Å². The second-order valence-corrected chi connectivity index (χ2v) is 5.09. The Kier molecular flexibility index (Phi) is 3.18. The summed E-state index contributed by atoms with van der Waals surface area (Å²) in [5, 5.41) is 9.34. The van der Waals surface area contributed by atoms with Gasteiger partial charge >= 0.3 is 5.97 Å². The Bertz CT molecular complexity index is 618. The van der Waals surface area contributed by atoms with Crippen LogP contribution < -0.4 is 4.90 Å². The van der Waals surface area contributed by atoms with Crippen LogP contribution in [0.1, 0.15) is 34.7 Å². The number of nitrogens with zero attached hydrogens (tertiary/aromatic N) is 2. The molecular formula is C15H16N2O3. The minimum absolute atomic E-state index is 0.244. The molecule has 0 amide bonds.